The van der Waals surface area contributed by atoms with Crippen LogP contribution in [0.5, 0.6) is 0 Å². The summed E-state index contributed by atoms with van der Waals surface area (Å²) in [6.45, 7) is -0.449. The Hall–Kier alpha value is -2.34. The highest BCUT2D eigenvalue weighted by Gasteiger charge is 2.44. The number of aliphatic hydroxyl groups is 3. The van der Waals surface area contributed by atoms with Crippen molar-refractivity contribution in [2.75, 3.05) is 20.7 Å². The quantitative estimate of drug-likeness (QED) is 0.423. The standard InChI is InChI=1S/C14H20N6O5/c1-18(2)5-16-14-17-11-8(12(24)19(14)3)15-6-20(11)13-10(23)9(22)7(4-21)25-13/h5-7,9-10,13,21-23H,4H2,1-3H3/b16-5+/t7-,9?,10?,13-/m1/s1. The Morgan fingerprint density at radius 1 is 1.40 bits per heavy atom. The molecule has 4 atom stereocenters. The molecule has 1 aliphatic rings. The van der Waals surface area contributed by atoms with Gasteiger partial charge in [-0.25, -0.2) is 9.98 Å². The summed E-state index contributed by atoms with van der Waals surface area (Å²) in [6.07, 6.45) is -1.71. The second kappa shape index (κ2) is 6.52. The van der Waals surface area contributed by atoms with Crippen LogP contribution >= 0.6 is 0 Å². The van der Waals surface area contributed by atoms with Crippen LogP contribution in [0.1, 0.15) is 6.23 Å². The first kappa shape index (κ1) is 17.5. The molecule has 0 aromatic carbocycles. The molecule has 1 fully saturated rings. The molecule has 11 heteroatoms. The fourth-order valence-electron chi connectivity index (χ4n) is 2.61. The molecule has 2 aromatic heterocycles. The van der Waals surface area contributed by atoms with Gasteiger partial charge in [-0.05, 0) is 0 Å². The lowest BCUT2D eigenvalue weighted by Crippen LogP contribution is -2.33. The van der Waals surface area contributed by atoms with Crippen LogP contribution in [-0.2, 0) is 11.8 Å². The SMILES string of the molecule is CN(C)/C=N/c1nc2c(ncn2[C@@H]2O[C@H](CO)C(O)C2O)c(=O)n1C. The van der Waals surface area contributed by atoms with Gasteiger partial charge in [0.15, 0.2) is 17.4 Å². The summed E-state index contributed by atoms with van der Waals surface area (Å²) in [6, 6.07) is 0. The number of hydrogen-bond acceptors (Lipinski definition) is 8. The Morgan fingerprint density at radius 3 is 2.72 bits per heavy atom. The molecule has 3 heterocycles. The van der Waals surface area contributed by atoms with E-state index in [4.69, 9.17) is 4.74 Å². The van der Waals surface area contributed by atoms with Crippen molar-refractivity contribution >= 4 is 23.5 Å². The second-order valence-electron chi connectivity index (χ2n) is 6.04. The lowest BCUT2D eigenvalue weighted by Gasteiger charge is -2.16. The van der Waals surface area contributed by atoms with Crippen LogP contribution < -0.4 is 5.56 Å². The zero-order valence-electron chi connectivity index (χ0n) is 14.0. The van der Waals surface area contributed by atoms with Gasteiger partial charge in [0.1, 0.15) is 18.3 Å². The number of aliphatic imine (C=N–C) groups is 1. The Balaban J connectivity index is 2.11. The number of aromatic nitrogens is 4. The first-order valence-corrected chi connectivity index (χ1v) is 7.61. The van der Waals surface area contributed by atoms with Crippen molar-refractivity contribution in [1.82, 2.24) is 24.0 Å². The van der Waals surface area contributed by atoms with Crippen LogP contribution in [0.3, 0.4) is 0 Å². The van der Waals surface area contributed by atoms with E-state index in [1.807, 2.05) is 0 Å². The Bertz CT molecular complexity index is 859. The molecule has 0 amide bonds. The molecule has 2 aromatic rings. The number of fused-ring (bicyclic) bond motifs is 1. The number of hydrogen-bond donors (Lipinski definition) is 3. The highest BCUT2D eigenvalue weighted by atomic mass is 16.6. The summed E-state index contributed by atoms with van der Waals surface area (Å²) in [7, 11) is 5.09. The van der Waals surface area contributed by atoms with Gasteiger partial charge < -0.3 is 25.0 Å². The van der Waals surface area contributed by atoms with E-state index in [0.717, 1.165) is 0 Å². The molecule has 25 heavy (non-hydrogen) atoms. The van der Waals surface area contributed by atoms with Crippen LogP contribution in [0.2, 0.25) is 0 Å². The van der Waals surface area contributed by atoms with E-state index in [1.165, 1.54) is 28.8 Å². The van der Waals surface area contributed by atoms with E-state index in [2.05, 4.69) is 15.0 Å². The molecule has 0 bridgehead atoms. The summed E-state index contributed by atoms with van der Waals surface area (Å²) in [4.78, 5) is 26.7. The lowest BCUT2D eigenvalue weighted by molar-refractivity contribution is -0.0511. The largest absolute Gasteiger partial charge is 0.394 e. The Morgan fingerprint density at radius 2 is 2.12 bits per heavy atom. The van der Waals surface area contributed by atoms with Crippen molar-refractivity contribution in [2.24, 2.45) is 12.0 Å². The van der Waals surface area contributed by atoms with E-state index in [-0.39, 0.29) is 17.1 Å². The maximum Gasteiger partial charge on any atom is 0.282 e. The predicted octanol–water partition coefficient (Wildman–Crippen LogP) is -2.04. The Kier molecular flexibility index (Phi) is 4.56. The summed E-state index contributed by atoms with van der Waals surface area (Å²) < 4.78 is 8.09. The molecule has 0 radical (unpaired) electrons. The van der Waals surface area contributed by atoms with Crippen molar-refractivity contribution in [3.05, 3.63) is 16.7 Å². The average Bonchev–Trinajstić information content (AvgIpc) is 3.11. The number of ether oxygens (including phenoxy) is 1. The van der Waals surface area contributed by atoms with Crippen molar-refractivity contribution in [3.8, 4) is 0 Å². The monoisotopic (exact) mass is 352 g/mol. The average molecular weight is 352 g/mol. The molecular weight excluding hydrogens is 332 g/mol. The number of aliphatic hydroxyl groups excluding tert-OH is 3. The third kappa shape index (κ3) is 2.91. The van der Waals surface area contributed by atoms with Crippen molar-refractivity contribution < 1.29 is 20.1 Å². The van der Waals surface area contributed by atoms with Gasteiger partial charge in [-0.3, -0.25) is 13.9 Å². The smallest absolute Gasteiger partial charge is 0.282 e. The number of rotatable bonds is 4. The number of nitrogens with zero attached hydrogens (tertiary/aromatic N) is 6. The van der Waals surface area contributed by atoms with E-state index in [0.29, 0.717) is 0 Å². The molecule has 1 saturated heterocycles. The highest BCUT2D eigenvalue weighted by molar-refractivity contribution is 5.71. The molecule has 2 unspecified atom stereocenters. The maximum absolute atomic E-state index is 12.5. The van der Waals surface area contributed by atoms with Gasteiger partial charge in [-0.1, -0.05) is 0 Å². The van der Waals surface area contributed by atoms with E-state index < -0.39 is 36.7 Å². The molecule has 0 aliphatic carbocycles. The number of imidazole rings is 1. The van der Waals surface area contributed by atoms with Gasteiger partial charge in [0.05, 0.1) is 19.3 Å². The van der Waals surface area contributed by atoms with Gasteiger partial charge in [0.25, 0.3) is 5.56 Å². The van der Waals surface area contributed by atoms with Gasteiger partial charge in [-0.15, -0.1) is 0 Å². The van der Waals surface area contributed by atoms with Gasteiger partial charge in [0, 0.05) is 21.1 Å². The molecule has 0 saturated carbocycles. The fraction of sp³-hybridized carbons (Fsp3) is 0.571. The molecular formula is C14H20N6O5. The van der Waals surface area contributed by atoms with Gasteiger partial charge >= 0.3 is 0 Å². The minimum atomic E-state index is -1.30. The van der Waals surface area contributed by atoms with Gasteiger partial charge in [-0.2, -0.15) is 4.98 Å². The summed E-state index contributed by atoms with van der Waals surface area (Å²) in [5, 5.41) is 29.3. The first-order chi connectivity index (χ1) is 11.8. The zero-order valence-corrected chi connectivity index (χ0v) is 14.0. The fourth-order valence-corrected chi connectivity index (χ4v) is 2.61. The van der Waals surface area contributed by atoms with Crippen molar-refractivity contribution in [3.63, 3.8) is 0 Å². The normalized spacial score (nSPS) is 26.8. The minimum absolute atomic E-state index is 0.0871. The topological polar surface area (TPSA) is 138 Å². The van der Waals surface area contributed by atoms with Crippen LogP contribution in [-0.4, -0.2) is 84.7 Å². The summed E-state index contributed by atoms with van der Waals surface area (Å²) >= 11 is 0. The molecule has 0 spiro atoms. The predicted molar refractivity (Wildman–Crippen MR) is 87.6 cm³/mol. The zero-order chi connectivity index (χ0) is 18.3. The van der Waals surface area contributed by atoms with E-state index in [9.17, 15) is 20.1 Å². The summed E-state index contributed by atoms with van der Waals surface area (Å²) in [5.41, 5.74) is -0.144. The molecule has 3 N–H and O–H groups in total. The minimum Gasteiger partial charge on any atom is -0.394 e. The van der Waals surface area contributed by atoms with Crippen LogP contribution in [0, 0.1) is 0 Å². The van der Waals surface area contributed by atoms with E-state index in [1.54, 1.807) is 19.0 Å². The summed E-state index contributed by atoms with van der Waals surface area (Å²) in [5.74, 6) is 0.152. The van der Waals surface area contributed by atoms with Crippen LogP contribution in [0.25, 0.3) is 11.2 Å². The molecule has 3 rings (SSSR count). The van der Waals surface area contributed by atoms with Crippen LogP contribution in [0.4, 0.5) is 5.95 Å². The second-order valence-corrected chi connectivity index (χ2v) is 6.04. The Labute approximate surface area is 142 Å². The lowest BCUT2D eigenvalue weighted by atomic mass is 10.1. The third-order valence-electron chi connectivity index (χ3n) is 3.98. The molecule has 11 nitrogen and oxygen atoms in total. The van der Waals surface area contributed by atoms with Crippen LogP contribution in [0.15, 0.2) is 16.1 Å². The highest BCUT2D eigenvalue weighted by Crippen LogP contribution is 2.31. The molecule has 136 valence electrons. The third-order valence-corrected chi connectivity index (χ3v) is 3.98. The van der Waals surface area contributed by atoms with E-state index >= 15 is 0 Å². The first-order valence-electron chi connectivity index (χ1n) is 7.61. The van der Waals surface area contributed by atoms with Crippen molar-refractivity contribution in [1.29, 1.82) is 0 Å². The maximum atomic E-state index is 12.5. The molecule has 1 aliphatic heterocycles. The van der Waals surface area contributed by atoms with Gasteiger partial charge in [0.2, 0.25) is 5.95 Å². The van der Waals surface area contributed by atoms with Crippen molar-refractivity contribution in [2.45, 2.75) is 24.5 Å².